The number of hydrogen-bond donors (Lipinski definition) is 0. The predicted molar refractivity (Wildman–Crippen MR) is 161 cm³/mol. The van der Waals surface area contributed by atoms with Crippen LogP contribution in [0.3, 0.4) is 0 Å². The maximum atomic E-state index is 15.1. The van der Waals surface area contributed by atoms with Crippen molar-refractivity contribution in [1.29, 1.82) is 5.26 Å². The fourth-order valence-electron chi connectivity index (χ4n) is 5.10. The van der Waals surface area contributed by atoms with E-state index in [1.54, 1.807) is 52.1 Å². The molecule has 0 bridgehead atoms. The summed E-state index contributed by atoms with van der Waals surface area (Å²) in [5.41, 5.74) is 2.52. The first-order valence-electron chi connectivity index (χ1n) is 13.6. The van der Waals surface area contributed by atoms with Crippen LogP contribution in [0.1, 0.15) is 42.9 Å². The fraction of sp³-hybridized carbons (Fsp3) is 0.290. The number of nitrogens with zero attached hydrogens (tertiary/aromatic N) is 4. The molecule has 2 heterocycles. The molecule has 6 nitrogen and oxygen atoms in total. The van der Waals surface area contributed by atoms with Crippen LogP contribution in [0.5, 0.6) is 0 Å². The summed E-state index contributed by atoms with van der Waals surface area (Å²) in [4.78, 5) is 5.49. The van der Waals surface area contributed by atoms with Crippen molar-refractivity contribution in [1.82, 2.24) is 8.87 Å². The summed E-state index contributed by atoms with van der Waals surface area (Å²) in [6.07, 6.45) is 3.22. The van der Waals surface area contributed by atoms with Crippen molar-refractivity contribution < 1.29 is 17.2 Å². The Bertz CT molecular complexity index is 1840. The van der Waals surface area contributed by atoms with Gasteiger partial charge in [0.1, 0.15) is 17.7 Å². The SMILES string of the molecule is Cc1cc(F)c(-c2csc(=Nc3ccc(C#N)c(Cl)c3)n2CCc2ccc(S(=O)(=O)N3CCCCC3C)cc2)cc1F. The van der Waals surface area contributed by atoms with Crippen molar-refractivity contribution >= 4 is 38.6 Å². The van der Waals surface area contributed by atoms with E-state index in [4.69, 9.17) is 16.6 Å². The second kappa shape index (κ2) is 12.5. The topological polar surface area (TPSA) is 78.5 Å². The Morgan fingerprint density at radius 2 is 1.86 bits per heavy atom. The molecule has 4 aromatic rings. The van der Waals surface area contributed by atoms with Gasteiger partial charge in [-0.25, -0.2) is 22.2 Å². The zero-order valence-corrected chi connectivity index (χ0v) is 25.5. The Morgan fingerprint density at radius 3 is 2.55 bits per heavy atom. The molecule has 1 aromatic heterocycles. The Kier molecular flexibility index (Phi) is 8.94. The first kappa shape index (κ1) is 30.1. The Hall–Kier alpha value is -3.36. The molecule has 1 unspecified atom stereocenters. The van der Waals surface area contributed by atoms with E-state index >= 15 is 4.39 Å². The highest BCUT2D eigenvalue weighted by atomic mass is 35.5. The van der Waals surface area contributed by atoms with E-state index in [-0.39, 0.29) is 27.1 Å². The number of thiazole rings is 1. The van der Waals surface area contributed by atoms with Gasteiger partial charge < -0.3 is 4.57 Å². The van der Waals surface area contributed by atoms with E-state index in [0.29, 0.717) is 41.3 Å². The van der Waals surface area contributed by atoms with Crippen molar-refractivity contribution in [3.05, 3.63) is 98.1 Å². The third kappa shape index (κ3) is 6.20. The first-order chi connectivity index (χ1) is 20.1. The molecule has 0 N–H and O–H groups in total. The highest BCUT2D eigenvalue weighted by Crippen LogP contribution is 2.29. The second-order valence-electron chi connectivity index (χ2n) is 10.4. The van der Waals surface area contributed by atoms with Crippen molar-refractivity contribution in [3.63, 3.8) is 0 Å². The average Bonchev–Trinajstić information content (AvgIpc) is 3.36. The van der Waals surface area contributed by atoms with Gasteiger partial charge in [-0.3, -0.25) is 0 Å². The largest absolute Gasteiger partial charge is 0.316 e. The summed E-state index contributed by atoms with van der Waals surface area (Å²) < 4.78 is 59.4. The summed E-state index contributed by atoms with van der Waals surface area (Å²) in [6, 6.07) is 16.0. The molecule has 0 radical (unpaired) electrons. The standard InChI is InChI=1S/C31H29ClF2N4O2S2/c1-20-15-29(34)26(17-28(20)33)30-19-41-31(36-24-9-8-23(18-35)27(32)16-24)37(30)14-12-22-6-10-25(11-7-22)42(39,40)38-13-4-3-5-21(38)2/h6-11,15-17,19,21H,3-5,12-14H2,1-2H3. The fourth-order valence-corrected chi connectivity index (χ4v) is 7.96. The number of piperidine rings is 1. The zero-order chi connectivity index (χ0) is 30.0. The Morgan fingerprint density at radius 1 is 1.10 bits per heavy atom. The van der Waals surface area contributed by atoms with E-state index < -0.39 is 21.7 Å². The Labute approximate surface area is 253 Å². The second-order valence-corrected chi connectivity index (χ2v) is 13.5. The molecule has 0 amide bonds. The maximum absolute atomic E-state index is 15.1. The molecule has 1 atom stereocenters. The van der Waals surface area contributed by atoms with Crippen LogP contribution < -0.4 is 4.80 Å². The lowest BCUT2D eigenvalue weighted by Gasteiger charge is -2.32. The Balaban J connectivity index is 1.48. The smallest absolute Gasteiger partial charge is 0.243 e. The number of nitriles is 1. The number of benzene rings is 3. The molecular weight excluding hydrogens is 598 g/mol. The molecule has 5 rings (SSSR count). The molecule has 42 heavy (non-hydrogen) atoms. The van der Waals surface area contributed by atoms with Crippen LogP contribution in [-0.2, 0) is 23.0 Å². The number of aryl methyl sites for hydroxylation is 2. The molecule has 1 aliphatic rings. The number of hydrogen-bond acceptors (Lipinski definition) is 5. The van der Waals surface area contributed by atoms with Crippen molar-refractivity contribution in [2.75, 3.05) is 6.54 Å². The van der Waals surface area contributed by atoms with Gasteiger partial charge in [0, 0.05) is 30.1 Å². The molecule has 218 valence electrons. The van der Waals surface area contributed by atoms with Crippen LogP contribution in [-0.4, -0.2) is 29.9 Å². The highest BCUT2D eigenvalue weighted by Gasteiger charge is 2.30. The van der Waals surface area contributed by atoms with Gasteiger partial charge >= 0.3 is 0 Å². The molecule has 1 aliphatic heterocycles. The van der Waals surface area contributed by atoms with Gasteiger partial charge in [-0.1, -0.05) is 30.2 Å². The molecule has 3 aromatic carbocycles. The summed E-state index contributed by atoms with van der Waals surface area (Å²) in [7, 11) is -3.58. The lowest BCUT2D eigenvalue weighted by atomic mass is 10.1. The number of sulfonamides is 1. The molecule has 1 fully saturated rings. The summed E-state index contributed by atoms with van der Waals surface area (Å²) in [5, 5.41) is 11.2. The predicted octanol–water partition coefficient (Wildman–Crippen LogP) is 7.37. The molecule has 0 aliphatic carbocycles. The van der Waals surface area contributed by atoms with Crippen LogP contribution in [0.2, 0.25) is 5.02 Å². The third-order valence-corrected chi connectivity index (χ3v) is 10.7. The minimum Gasteiger partial charge on any atom is -0.316 e. The summed E-state index contributed by atoms with van der Waals surface area (Å²) in [5.74, 6) is -1.06. The van der Waals surface area contributed by atoms with E-state index in [1.165, 1.54) is 30.4 Å². The van der Waals surface area contributed by atoms with Crippen LogP contribution >= 0.6 is 22.9 Å². The lowest BCUT2D eigenvalue weighted by Crippen LogP contribution is -2.41. The van der Waals surface area contributed by atoms with Crippen molar-refractivity contribution in [3.8, 4) is 17.3 Å². The number of aromatic nitrogens is 1. The van der Waals surface area contributed by atoms with E-state index in [0.717, 1.165) is 24.8 Å². The average molecular weight is 627 g/mol. The monoisotopic (exact) mass is 626 g/mol. The first-order valence-corrected chi connectivity index (χ1v) is 16.3. The van der Waals surface area contributed by atoms with Crippen LogP contribution in [0.15, 0.2) is 69.9 Å². The molecule has 0 saturated carbocycles. The van der Waals surface area contributed by atoms with Gasteiger partial charge in [-0.05, 0) is 86.7 Å². The maximum Gasteiger partial charge on any atom is 0.243 e. The molecule has 1 saturated heterocycles. The third-order valence-electron chi connectivity index (χ3n) is 7.52. The molecule has 11 heteroatoms. The minimum atomic E-state index is -3.58. The van der Waals surface area contributed by atoms with Gasteiger partial charge in [0.25, 0.3) is 0 Å². The van der Waals surface area contributed by atoms with E-state index in [9.17, 15) is 18.1 Å². The minimum absolute atomic E-state index is 0.0306. The van der Waals surface area contributed by atoms with Crippen LogP contribution in [0.25, 0.3) is 11.3 Å². The molecule has 0 spiro atoms. The van der Waals surface area contributed by atoms with Gasteiger partial charge in [0.2, 0.25) is 10.0 Å². The summed E-state index contributed by atoms with van der Waals surface area (Å²) >= 11 is 7.48. The van der Waals surface area contributed by atoms with E-state index in [1.807, 2.05) is 17.6 Å². The zero-order valence-electron chi connectivity index (χ0n) is 23.1. The molecular formula is C31H29ClF2N4O2S2. The van der Waals surface area contributed by atoms with E-state index in [2.05, 4.69) is 0 Å². The highest BCUT2D eigenvalue weighted by molar-refractivity contribution is 7.89. The lowest BCUT2D eigenvalue weighted by molar-refractivity contribution is 0.268. The van der Waals surface area contributed by atoms with Crippen molar-refractivity contribution in [2.24, 2.45) is 4.99 Å². The normalized spacial score (nSPS) is 16.5. The number of halogens is 3. The van der Waals surface area contributed by atoms with Gasteiger partial charge in [0.15, 0.2) is 4.80 Å². The number of rotatable bonds is 7. The quantitative estimate of drug-likeness (QED) is 0.215. The van der Waals surface area contributed by atoms with Crippen LogP contribution in [0, 0.1) is 29.9 Å². The summed E-state index contributed by atoms with van der Waals surface area (Å²) in [6.45, 7) is 4.34. The van der Waals surface area contributed by atoms with Gasteiger partial charge in [-0.15, -0.1) is 11.3 Å². The van der Waals surface area contributed by atoms with Gasteiger partial charge in [-0.2, -0.15) is 9.57 Å². The van der Waals surface area contributed by atoms with Gasteiger partial charge in [0.05, 0.1) is 26.9 Å². The van der Waals surface area contributed by atoms with Crippen LogP contribution in [0.4, 0.5) is 14.5 Å². The van der Waals surface area contributed by atoms with Crippen molar-refractivity contribution in [2.45, 2.75) is 57.0 Å².